The molecule has 27 aromatic carbocycles. The van der Waals surface area contributed by atoms with Crippen molar-refractivity contribution in [3.63, 3.8) is 0 Å². The lowest BCUT2D eigenvalue weighted by atomic mass is 9.87. The Balaban J connectivity index is 0.000000121. The highest BCUT2D eigenvalue weighted by molar-refractivity contribution is 6.54. The molecule has 0 bridgehead atoms. The van der Waals surface area contributed by atoms with Gasteiger partial charge >= 0.3 is 0 Å². The predicted octanol–water partition coefficient (Wildman–Crippen LogP) is 32.6. The van der Waals surface area contributed by atoms with Crippen LogP contribution in [-0.4, -0.2) is 0 Å². The molecular weight excluding hydrogens is 1360 g/mol. The van der Waals surface area contributed by atoms with E-state index in [-0.39, 0.29) is 7.43 Å². The second-order valence-corrected chi connectivity index (χ2v) is 32.0. The summed E-state index contributed by atoms with van der Waals surface area (Å²) in [5, 5.41) is 53.9. The van der Waals surface area contributed by atoms with E-state index in [9.17, 15) is 0 Å². The van der Waals surface area contributed by atoms with E-state index in [0.717, 1.165) is 0 Å². The van der Waals surface area contributed by atoms with Gasteiger partial charge in [-0.2, -0.15) is 0 Å². The Labute approximate surface area is 648 Å². The molecule has 0 aromatic heterocycles. The minimum Gasteiger partial charge on any atom is -0.0776 e. The molecule has 29 rings (SSSR count). The predicted molar refractivity (Wildman–Crippen MR) is 491 cm³/mol. The molecule has 0 amide bonds. The first kappa shape index (κ1) is 60.4. The van der Waals surface area contributed by atoms with Gasteiger partial charge in [0.15, 0.2) is 0 Å². The summed E-state index contributed by atoms with van der Waals surface area (Å²) in [5.74, 6) is 0. The van der Waals surface area contributed by atoms with Crippen LogP contribution in [-0.2, 0) is 0 Å². The highest BCUT2D eigenvalue weighted by Crippen LogP contribution is 2.61. The Kier molecular flexibility index (Phi) is 11.5. The molecule has 27 aromatic rings. The van der Waals surface area contributed by atoms with Crippen molar-refractivity contribution in [2.24, 2.45) is 0 Å². The van der Waals surface area contributed by atoms with E-state index in [4.69, 9.17) is 0 Å². The van der Waals surface area contributed by atoms with Crippen LogP contribution in [0.25, 0.3) is 293 Å². The average Bonchev–Trinajstić information content (AvgIpc) is 1.50. The summed E-state index contributed by atoms with van der Waals surface area (Å²) in [6.45, 7) is 0. The molecule has 0 saturated carbocycles. The van der Waals surface area contributed by atoms with Crippen LogP contribution in [0.4, 0.5) is 0 Å². The molecule has 0 atom stereocenters. The molecule has 0 radical (unpaired) electrons. The van der Waals surface area contributed by atoms with Crippen LogP contribution in [0.3, 0.4) is 0 Å². The molecule has 0 heteroatoms. The van der Waals surface area contributed by atoms with Gasteiger partial charge in [0.05, 0.1) is 0 Å². The van der Waals surface area contributed by atoms with Gasteiger partial charge in [-0.25, -0.2) is 0 Å². The number of rotatable bonds is 3. The van der Waals surface area contributed by atoms with Crippen molar-refractivity contribution in [1.29, 1.82) is 0 Å². The summed E-state index contributed by atoms with van der Waals surface area (Å²) >= 11 is 0. The molecule has 0 nitrogen and oxygen atoms in total. The third kappa shape index (κ3) is 7.44. The van der Waals surface area contributed by atoms with Crippen molar-refractivity contribution >= 4 is 215 Å². The van der Waals surface area contributed by atoms with Crippen LogP contribution < -0.4 is 0 Å². The Bertz CT molecular complexity index is 8820. The summed E-state index contributed by atoms with van der Waals surface area (Å²) in [7, 11) is 0. The lowest BCUT2D eigenvalue weighted by molar-refractivity contribution is 1.69. The third-order valence-electron chi connectivity index (χ3n) is 27.0. The Morgan fingerprint density at radius 3 is 0.850 bits per heavy atom. The molecule has 0 heterocycles. The third-order valence-corrected chi connectivity index (χ3v) is 27.0. The molecule has 0 unspecified atom stereocenters. The first-order valence-electron chi connectivity index (χ1n) is 39.5. The normalized spacial score (nSPS) is 12.7. The van der Waals surface area contributed by atoms with E-state index in [1.165, 1.54) is 293 Å². The van der Waals surface area contributed by atoms with Crippen LogP contribution in [0.5, 0.6) is 0 Å². The fourth-order valence-electron chi connectivity index (χ4n) is 22.7. The van der Waals surface area contributed by atoms with Crippen molar-refractivity contribution < 1.29 is 0 Å². The molecular formula is C113H62. The van der Waals surface area contributed by atoms with Crippen molar-refractivity contribution in [2.45, 2.75) is 7.43 Å². The van der Waals surface area contributed by atoms with Gasteiger partial charge in [-0.3, -0.25) is 0 Å². The fourth-order valence-corrected chi connectivity index (χ4v) is 22.7. The van der Waals surface area contributed by atoms with Gasteiger partial charge in [0.1, 0.15) is 0 Å². The maximum absolute atomic E-state index is 2.48. The monoisotopic (exact) mass is 1420 g/mol. The van der Waals surface area contributed by atoms with Crippen molar-refractivity contribution in [3.05, 3.63) is 352 Å². The van der Waals surface area contributed by atoms with E-state index in [2.05, 4.69) is 352 Å². The van der Waals surface area contributed by atoms with Gasteiger partial charge in [0.2, 0.25) is 0 Å². The largest absolute Gasteiger partial charge is 0.0776 e. The second kappa shape index (κ2) is 21.5. The van der Waals surface area contributed by atoms with Crippen molar-refractivity contribution in [1.82, 2.24) is 0 Å². The highest BCUT2D eigenvalue weighted by atomic mass is 14.4. The maximum atomic E-state index is 2.48. The molecule has 0 saturated heterocycles. The van der Waals surface area contributed by atoms with Crippen LogP contribution in [0, 0.1) is 0 Å². The summed E-state index contributed by atoms with van der Waals surface area (Å²) < 4.78 is 0. The number of benzene rings is 23. The minimum atomic E-state index is 0. The van der Waals surface area contributed by atoms with Crippen molar-refractivity contribution in [2.75, 3.05) is 0 Å². The van der Waals surface area contributed by atoms with Gasteiger partial charge in [0.25, 0.3) is 0 Å². The first-order valence-corrected chi connectivity index (χ1v) is 39.5. The average molecular weight is 1420 g/mol. The molecule has 2 aliphatic rings. The lowest BCUT2D eigenvalue weighted by Crippen LogP contribution is -1.88. The number of fused-ring (bicyclic) bond motifs is 28. The Hall–Kier alpha value is -14.6. The molecule has 0 fully saturated rings. The van der Waals surface area contributed by atoms with E-state index in [0.29, 0.717) is 0 Å². The van der Waals surface area contributed by atoms with E-state index < -0.39 is 0 Å². The van der Waals surface area contributed by atoms with Gasteiger partial charge in [-0.15, -0.1) is 0 Å². The van der Waals surface area contributed by atoms with Gasteiger partial charge in [0, 0.05) is 0 Å². The lowest BCUT2D eigenvalue weighted by Gasteiger charge is -2.16. The zero-order chi connectivity index (χ0) is 72.2. The van der Waals surface area contributed by atoms with Gasteiger partial charge < -0.3 is 0 Å². The van der Waals surface area contributed by atoms with E-state index in [1.807, 2.05) is 0 Å². The summed E-state index contributed by atoms with van der Waals surface area (Å²) in [4.78, 5) is 0. The van der Waals surface area contributed by atoms with Crippen LogP contribution in [0.2, 0.25) is 0 Å². The number of hydrogen-bond acceptors (Lipinski definition) is 0. The second-order valence-electron chi connectivity index (χ2n) is 32.0. The quantitative estimate of drug-likeness (QED) is 0.122. The van der Waals surface area contributed by atoms with Crippen LogP contribution >= 0.6 is 0 Å². The molecule has 2 aliphatic carbocycles. The molecule has 0 aliphatic heterocycles. The molecule has 0 N–H and O–H groups in total. The fraction of sp³-hybridized carbons (Fsp3) is 0.00885. The molecule has 113 heavy (non-hydrogen) atoms. The van der Waals surface area contributed by atoms with Gasteiger partial charge in [-0.05, 0) is 330 Å². The molecule has 0 spiro atoms. The molecule has 514 valence electrons. The van der Waals surface area contributed by atoms with Crippen LogP contribution in [0.15, 0.2) is 352 Å². The smallest absolute Gasteiger partial charge is 0.000696 e. The first-order chi connectivity index (χ1) is 55.6. The van der Waals surface area contributed by atoms with Crippen molar-refractivity contribution in [3.8, 4) is 77.9 Å². The van der Waals surface area contributed by atoms with E-state index >= 15 is 0 Å². The maximum Gasteiger partial charge on any atom is -0.000696 e. The summed E-state index contributed by atoms with van der Waals surface area (Å²) in [6.07, 6.45) is 0. The zero-order valence-electron chi connectivity index (χ0n) is 60.5. The summed E-state index contributed by atoms with van der Waals surface area (Å²) in [5.41, 5.74) is 18.5. The SMILES string of the molecule is C.c1ccc(-c2c3cc4ccccc4c4c5ccccc5c(c5c6ccc(-c7ccc8c9c(cccc79)-c7cc9ccccc9cc7-8)c7cccc(c25)c76)c34)cc1.c1ccc(-c2c3cc4ccccc4c4c5ccccc5c(c5c6ccc7c8ccc9c%10c(ccc(c%11ccc(c25)c6c%117)c%108)-c2cc5ccccc5cc2-9)c34)cc1. The standard InChI is InChI=1S/C56H28.C56H30.CH4/c1-2-10-29(11-3-1)47-46-28-32-14-6-7-15-33(32)48-34-16-8-9-17-35(34)53(56(46)48)55-43-25-23-39-37-19-21-41-45-27-31-13-5-4-12-30(31)26-44(45)40-20-18-36(49(37)51(40)41)38-22-24-42(54(47)55)52(43)50(38)39;1-2-12-31(13-3-1)49-48-30-34-16-6-7-17-35(34)52-40-18-8-9-19-41(40)53(56(48)52)55-45-27-25-37(39-21-11-23-44(51(39)45)54(49)55)36-24-26-43-47-29-33-15-5-4-14-32(33)28-46(47)42-22-10-20-38(36)50(42)43;/h1-28H;1-30H;1H4. The highest BCUT2D eigenvalue weighted by Gasteiger charge is 2.33. The Morgan fingerprint density at radius 1 is 0.106 bits per heavy atom. The number of hydrogen-bond donors (Lipinski definition) is 0. The van der Waals surface area contributed by atoms with E-state index in [1.54, 1.807) is 0 Å². The Morgan fingerprint density at radius 2 is 0.363 bits per heavy atom. The topological polar surface area (TPSA) is 0 Å². The summed E-state index contributed by atoms with van der Waals surface area (Å²) in [6, 6.07) is 134. The zero-order valence-corrected chi connectivity index (χ0v) is 60.5. The van der Waals surface area contributed by atoms with Gasteiger partial charge in [-0.1, -0.05) is 323 Å². The van der Waals surface area contributed by atoms with Crippen LogP contribution in [0.1, 0.15) is 7.43 Å². The minimum absolute atomic E-state index is 0.